The van der Waals surface area contributed by atoms with Gasteiger partial charge in [0.15, 0.2) is 0 Å². The Hall–Kier alpha value is -2.49. The minimum Gasteiger partial charge on any atom is -0.383 e. The van der Waals surface area contributed by atoms with Crippen molar-refractivity contribution >= 4 is 21.6 Å². The van der Waals surface area contributed by atoms with Gasteiger partial charge in [-0.15, -0.1) is 0 Å². The van der Waals surface area contributed by atoms with Crippen LogP contribution < -0.4 is 10.2 Å². The molecule has 1 aliphatic heterocycles. The van der Waals surface area contributed by atoms with Crippen molar-refractivity contribution in [3.05, 3.63) is 59.9 Å². The number of nitrogens with zero attached hydrogens (tertiary/aromatic N) is 2. The van der Waals surface area contributed by atoms with Crippen LogP contribution in [0.25, 0.3) is 0 Å². The molecule has 1 atom stereocenters. The minimum absolute atomic E-state index is 0.0878. The zero-order chi connectivity index (χ0) is 21.7. The minimum atomic E-state index is -3.73. The fourth-order valence-electron chi connectivity index (χ4n) is 3.38. The highest BCUT2D eigenvalue weighted by atomic mass is 32.2. The second kappa shape index (κ2) is 9.55. The first kappa shape index (κ1) is 22.2. The van der Waals surface area contributed by atoms with Crippen molar-refractivity contribution in [1.29, 1.82) is 0 Å². The molecule has 2 aromatic carbocycles. The number of carbonyl (C=O) groups is 1. The molecular formula is C21H26FN3O4S. The van der Waals surface area contributed by atoms with Crippen LogP contribution in [0.1, 0.15) is 17.3 Å². The summed E-state index contributed by atoms with van der Waals surface area (Å²) in [6.45, 7) is 3.78. The number of rotatable bonds is 7. The van der Waals surface area contributed by atoms with Gasteiger partial charge in [-0.25, -0.2) is 12.8 Å². The van der Waals surface area contributed by atoms with Crippen LogP contribution in [0.4, 0.5) is 10.1 Å². The maximum atomic E-state index is 13.1. The number of nitrogens with one attached hydrogen (secondary N) is 1. The normalized spacial score (nSPS) is 16.3. The summed E-state index contributed by atoms with van der Waals surface area (Å²) in [5, 5.41) is 2.78. The van der Waals surface area contributed by atoms with Crippen LogP contribution in [-0.2, 0) is 14.8 Å². The van der Waals surface area contributed by atoms with Gasteiger partial charge in [0.05, 0.1) is 11.5 Å². The number of hydrogen-bond acceptors (Lipinski definition) is 5. The van der Waals surface area contributed by atoms with Crippen LogP contribution >= 0.6 is 0 Å². The summed E-state index contributed by atoms with van der Waals surface area (Å²) in [6.07, 6.45) is 0. The lowest BCUT2D eigenvalue weighted by molar-refractivity contribution is 0.0905. The molecule has 0 bridgehead atoms. The van der Waals surface area contributed by atoms with E-state index in [-0.39, 0.29) is 28.2 Å². The molecule has 1 heterocycles. The molecule has 0 unspecified atom stereocenters. The zero-order valence-corrected chi connectivity index (χ0v) is 17.9. The Morgan fingerprint density at radius 1 is 1.13 bits per heavy atom. The third-order valence-electron chi connectivity index (χ3n) is 4.96. The Bertz CT molecular complexity index is 974. The number of hydrogen-bond donors (Lipinski definition) is 1. The van der Waals surface area contributed by atoms with Gasteiger partial charge in [0.2, 0.25) is 10.0 Å². The van der Waals surface area contributed by atoms with Crippen LogP contribution in [-0.4, -0.2) is 64.6 Å². The molecule has 0 spiro atoms. The largest absolute Gasteiger partial charge is 0.383 e. The zero-order valence-electron chi connectivity index (χ0n) is 17.0. The summed E-state index contributed by atoms with van der Waals surface area (Å²) < 4.78 is 45.7. The van der Waals surface area contributed by atoms with E-state index in [1.54, 1.807) is 31.4 Å². The summed E-state index contributed by atoms with van der Waals surface area (Å²) in [7, 11) is -2.18. The second-order valence-electron chi connectivity index (χ2n) is 7.23. The predicted octanol–water partition coefficient (Wildman–Crippen LogP) is 2.10. The molecule has 162 valence electrons. The van der Waals surface area contributed by atoms with Crippen LogP contribution in [0.2, 0.25) is 0 Å². The van der Waals surface area contributed by atoms with Crippen LogP contribution in [0.3, 0.4) is 0 Å². The van der Waals surface area contributed by atoms with E-state index in [1.165, 1.54) is 28.6 Å². The number of halogens is 1. The van der Waals surface area contributed by atoms with E-state index in [0.717, 1.165) is 5.69 Å². The number of methoxy groups -OCH3 is 1. The first-order chi connectivity index (χ1) is 14.3. The monoisotopic (exact) mass is 435 g/mol. The lowest BCUT2D eigenvalue weighted by Crippen LogP contribution is -2.48. The van der Waals surface area contributed by atoms with Crippen molar-refractivity contribution in [2.45, 2.75) is 17.9 Å². The SMILES string of the molecule is COC[C@@H](C)NC(=O)c1cccc(S(=O)(=O)N2CCN(c3ccc(F)cc3)CC2)c1. The van der Waals surface area contributed by atoms with E-state index in [4.69, 9.17) is 4.74 Å². The van der Waals surface area contributed by atoms with Gasteiger partial charge in [0.25, 0.3) is 5.91 Å². The molecule has 0 aliphatic carbocycles. The van der Waals surface area contributed by atoms with Gasteiger partial charge in [0, 0.05) is 50.6 Å². The maximum absolute atomic E-state index is 13.1. The molecule has 1 amide bonds. The highest BCUT2D eigenvalue weighted by molar-refractivity contribution is 7.89. The van der Waals surface area contributed by atoms with Gasteiger partial charge in [-0.05, 0) is 49.4 Å². The average Bonchev–Trinajstić information content (AvgIpc) is 2.74. The first-order valence-electron chi connectivity index (χ1n) is 9.72. The number of amides is 1. The maximum Gasteiger partial charge on any atom is 0.251 e. The number of sulfonamides is 1. The molecule has 1 fully saturated rings. The lowest BCUT2D eigenvalue weighted by Gasteiger charge is -2.35. The van der Waals surface area contributed by atoms with E-state index in [9.17, 15) is 17.6 Å². The molecule has 1 aliphatic rings. The van der Waals surface area contributed by atoms with Crippen molar-refractivity contribution in [2.24, 2.45) is 0 Å². The third-order valence-corrected chi connectivity index (χ3v) is 6.85. The third kappa shape index (κ3) is 5.16. The van der Waals surface area contributed by atoms with Crippen molar-refractivity contribution in [3.63, 3.8) is 0 Å². The highest BCUT2D eigenvalue weighted by Crippen LogP contribution is 2.22. The Kier molecular flexibility index (Phi) is 7.06. The summed E-state index contributed by atoms with van der Waals surface area (Å²) >= 11 is 0. The van der Waals surface area contributed by atoms with E-state index in [1.807, 2.05) is 11.8 Å². The molecule has 1 saturated heterocycles. The average molecular weight is 436 g/mol. The van der Waals surface area contributed by atoms with Crippen molar-refractivity contribution in [2.75, 3.05) is 44.8 Å². The highest BCUT2D eigenvalue weighted by Gasteiger charge is 2.29. The number of carbonyl (C=O) groups excluding carboxylic acids is 1. The molecule has 9 heteroatoms. The predicted molar refractivity (Wildman–Crippen MR) is 113 cm³/mol. The summed E-state index contributed by atoms with van der Waals surface area (Å²) in [6, 6.07) is 12.0. The van der Waals surface area contributed by atoms with Gasteiger partial charge >= 0.3 is 0 Å². The molecule has 0 aromatic heterocycles. The van der Waals surface area contributed by atoms with E-state index in [2.05, 4.69) is 5.32 Å². The molecule has 2 aromatic rings. The smallest absolute Gasteiger partial charge is 0.251 e. The molecule has 30 heavy (non-hydrogen) atoms. The van der Waals surface area contributed by atoms with E-state index < -0.39 is 10.0 Å². The van der Waals surface area contributed by atoms with Crippen molar-refractivity contribution < 1.29 is 22.3 Å². The van der Waals surface area contributed by atoms with Crippen molar-refractivity contribution in [3.8, 4) is 0 Å². The van der Waals surface area contributed by atoms with Crippen LogP contribution in [0.15, 0.2) is 53.4 Å². The second-order valence-corrected chi connectivity index (χ2v) is 9.16. The summed E-state index contributed by atoms with van der Waals surface area (Å²) in [5.74, 6) is -0.654. The number of benzene rings is 2. The standard InChI is InChI=1S/C21H26FN3O4S/c1-16(15-29-2)23-21(26)17-4-3-5-20(14-17)30(27,28)25-12-10-24(11-13-25)19-8-6-18(22)7-9-19/h3-9,14,16H,10-13,15H2,1-2H3,(H,23,26)/t16-/m1/s1. The Balaban J connectivity index is 1.68. The molecule has 0 saturated carbocycles. The van der Waals surface area contributed by atoms with Gasteiger partial charge < -0.3 is 15.0 Å². The van der Waals surface area contributed by atoms with Gasteiger partial charge in [-0.1, -0.05) is 6.07 Å². The molecule has 3 rings (SSSR count). The van der Waals surface area contributed by atoms with E-state index in [0.29, 0.717) is 32.8 Å². The molecule has 7 nitrogen and oxygen atoms in total. The number of anilines is 1. The molecule has 1 N–H and O–H groups in total. The summed E-state index contributed by atoms with van der Waals surface area (Å²) in [5.41, 5.74) is 1.14. The number of piperazine rings is 1. The molecule has 0 radical (unpaired) electrons. The first-order valence-corrected chi connectivity index (χ1v) is 11.2. The Morgan fingerprint density at radius 2 is 1.80 bits per heavy atom. The van der Waals surface area contributed by atoms with Crippen LogP contribution in [0, 0.1) is 5.82 Å². The summed E-state index contributed by atoms with van der Waals surface area (Å²) in [4.78, 5) is 14.5. The van der Waals surface area contributed by atoms with Crippen molar-refractivity contribution in [1.82, 2.24) is 9.62 Å². The fourth-order valence-corrected chi connectivity index (χ4v) is 4.85. The van der Waals surface area contributed by atoms with Crippen LogP contribution in [0.5, 0.6) is 0 Å². The Morgan fingerprint density at radius 3 is 2.43 bits per heavy atom. The van der Waals surface area contributed by atoms with E-state index >= 15 is 0 Å². The quantitative estimate of drug-likeness (QED) is 0.721. The van der Waals surface area contributed by atoms with Gasteiger partial charge in [-0.3, -0.25) is 4.79 Å². The Labute approximate surface area is 176 Å². The van der Waals surface area contributed by atoms with Gasteiger partial charge in [0.1, 0.15) is 5.82 Å². The number of ether oxygens (including phenoxy) is 1. The fraction of sp³-hybridized carbons (Fsp3) is 0.381. The lowest BCUT2D eigenvalue weighted by atomic mass is 10.2. The van der Waals surface area contributed by atoms with Gasteiger partial charge in [-0.2, -0.15) is 4.31 Å². The molecular weight excluding hydrogens is 409 g/mol. The topological polar surface area (TPSA) is 78.9 Å².